The fourth-order valence-corrected chi connectivity index (χ4v) is 8.77. The van der Waals surface area contributed by atoms with E-state index in [0.29, 0.717) is 0 Å². The summed E-state index contributed by atoms with van der Waals surface area (Å²) in [7, 11) is 0. The van der Waals surface area contributed by atoms with E-state index in [1.54, 1.807) is 0 Å². The Morgan fingerprint density at radius 1 is 0.321 bits per heavy atom. The number of hydrogen-bond donors (Lipinski definition) is 0. The van der Waals surface area contributed by atoms with E-state index in [0.717, 1.165) is 67.4 Å². The van der Waals surface area contributed by atoms with E-state index in [1.807, 2.05) is 0 Å². The molecule has 4 nitrogen and oxygen atoms in total. The number of hydrogen-bond acceptors (Lipinski definition) is 3. The highest BCUT2D eigenvalue weighted by Gasteiger charge is 2.27. The van der Waals surface area contributed by atoms with E-state index in [-0.39, 0.29) is 0 Å². The molecule has 56 heavy (non-hydrogen) atoms. The Morgan fingerprint density at radius 2 is 0.589 bits per heavy atom. The van der Waals surface area contributed by atoms with Crippen LogP contribution in [0.15, 0.2) is 12.1 Å². The molecule has 0 aromatic heterocycles. The topological polar surface area (TPSA) is 27.7 Å². The molecule has 0 radical (unpaired) electrons. The summed E-state index contributed by atoms with van der Waals surface area (Å²) in [5.74, 6) is 2.71. The molecule has 4 heteroatoms. The summed E-state index contributed by atoms with van der Waals surface area (Å²) >= 11 is 0. The molecule has 0 unspecified atom stereocenters. The Balaban J connectivity index is 3.02. The van der Waals surface area contributed by atoms with Gasteiger partial charge >= 0.3 is 0 Å². The van der Waals surface area contributed by atoms with E-state index in [4.69, 9.17) is 14.2 Å². The van der Waals surface area contributed by atoms with Crippen LogP contribution in [0.3, 0.4) is 0 Å². The van der Waals surface area contributed by atoms with Crippen molar-refractivity contribution in [2.75, 3.05) is 39.5 Å². The number of benzene rings is 1. The molecule has 0 aliphatic rings. The van der Waals surface area contributed by atoms with Crippen molar-refractivity contribution in [1.29, 1.82) is 0 Å². The molecular weight excluding hydrogens is 687 g/mol. The van der Waals surface area contributed by atoms with Crippen molar-refractivity contribution in [3.63, 3.8) is 0 Å². The SMILES string of the molecule is CCCCCCCCCCCCOc1cc(C[N+](CCC)(CCC)CCC)cc(OCCCCCCCCCCCC)c1OCCCCCCCCCCCC. The minimum atomic E-state index is 0.737. The van der Waals surface area contributed by atoms with Crippen LogP contribution in [0.4, 0.5) is 0 Å². The van der Waals surface area contributed by atoms with Gasteiger partial charge in [0.1, 0.15) is 6.54 Å². The first-order chi connectivity index (χ1) is 27.6. The molecule has 0 aliphatic carbocycles. The van der Waals surface area contributed by atoms with Gasteiger partial charge in [-0.2, -0.15) is 0 Å². The average molecular weight is 787 g/mol. The summed E-state index contributed by atoms with van der Waals surface area (Å²) < 4.78 is 21.3. The summed E-state index contributed by atoms with van der Waals surface area (Å²) in [6, 6.07) is 4.68. The number of quaternary nitrogens is 1. The molecule has 1 aromatic rings. The van der Waals surface area contributed by atoms with Crippen molar-refractivity contribution >= 4 is 0 Å². The van der Waals surface area contributed by atoms with Gasteiger partial charge in [0.15, 0.2) is 11.5 Å². The Morgan fingerprint density at radius 3 is 0.875 bits per heavy atom. The minimum Gasteiger partial charge on any atom is -0.490 e. The van der Waals surface area contributed by atoms with Crippen molar-refractivity contribution in [2.45, 2.75) is 260 Å². The Bertz CT molecular complexity index is 899. The van der Waals surface area contributed by atoms with E-state index < -0.39 is 0 Å². The fourth-order valence-electron chi connectivity index (χ4n) is 8.77. The maximum Gasteiger partial charge on any atom is 0.203 e. The van der Waals surface area contributed by atoms with Gasteiger partial charge in [0, 0.05) is 5.56 Å². The molecule has 0 amide bonds. The molecule has 0 atom stereocenters. The van der Waals surface area contributed by atoms with Crippen LogP contribution >= 0.6 is 0 Å². The van der Waals surface area contributed by atoms with Gasteiger partial charge in [0.05, 0.1) is 39.5 Å². The van der Waals surface area contributed by atoms with Crippen LogP contribution in [0.2, 0.25) is 0 Å². The molecule has 1 rings (SSSR count). The summed E-state index contributed by atoms with van der Waals surface area (Å²) in [5, 5.41) is 0. The van der Waals surface area contributed by atoms with Gasteiger partial charge in [-0.3, -0.25) is 0 Å². The van der Waals surface area contributed by atoms with Crippen LogP contribution in [0.25, 0.3) is 0 Å². The van der Waals surface area contributed by atoms with Crippen LogP contribution < -0.4 is 14.2 Å². The van der Waals surface area contributed by atoms with Crippen molar-refractivity contribution in [1.82, 2.24) is 0 Å². The molecule has 330 valence electrons. The van der Waals surface area contributed by atoms with Crippen LogP contribution in [-0.4, -0.2) is 43.9 Å². The highest BCUT2D eigenvalue weighted by atomic mass is 16.5. The monoisotopic (exact) mass is 787 g/mol. The summed E-state index contributed by atoms with van der Waals surface area (Å²) in [6.45, 7) is 20.9. The number of nitrogens with zero attached hydrogens (tertiary/aromatic N) is 1. The molecule has 0 heterocycles. The van der Waals surface area contributed by atoms with E-state index in [2.05, 4.69) is 53.7 Å². The zero-order valence-electron chi connectivity index (χ0n) is 39.1. The zero-order chi connectivity index (χ0) is 40.6. The summed E-state index contributed by atoms with van der Waals surface area (Å²) in [5.41, 5.74) is 1.35. The first kappa shape index (κ1) is 52.6. The second kappa shape index (κ2) is 39.1. The maximum absolute atomic E-state index is 6.73. The van der Waals surface area contributed by atoms with E-state index >= 15 is 0 Å². The van der Waals surface area contributed by atoms with E-state index in [1.165, 1.54) is 218 Å². The van der Waals surface area contributed by atoms with Crippen LogP contribution in [-0.2, 0) is 6.54 Å². The molecule has 1 aromatic carbocycles. The lowest BCUT2D eigenvalue weighted by molar-refractivity contribution is -0.941. The first-order valence-electron chi connectivity index (χ1n) is 25.5. The highest BCUT2D eigenvalue weighted by molar-refractivity contribution is 5.54. The second-order valence-corrected chi connectivity index (χ2v) is 17.7. The van der Waals surface area contributed by atoms with Gasteiger partial charge in [-0.1, -0.05) is 215 Å². The standard InChI is InChI=1S/C52H100NO3/c1-7-13-16-19-22-25-28-31-34-37-43-54-50-46-49(48-53(40-10-4,41-11-5)42-12-6)47-51(55-44-38-35-32-29-26-23-20-17-14-8-2)52(50)56-45-39-36-33-30-27-24-21-18-15-9-3/h46-47H,7-45,48H2,1-6H3/q+1. The largest absolute Gasteiger partial charge is 0.490 e. The third-order valence-electron chi connectivity index (χ3n) is 11.9. The molecule has 0 spiro atoms. The van der Waals surface area contributed by atoms with Crippen LogP contribution in [0.5, 0.6) is 17.2 Å². The van der Waals surface area contributed by atoms with Gasteiger partial charge in [-0.25, -0.2) is 0 Å². The fraction of sp³-hybridized carbons (Fsp3) is 0.885. The number of unbranched alkanes of at least 4 members (excludes halogenated alkanes) is 27. The van der Waals surface area contributed by atoms with Crippen molar-refractivity contribution < 1.29 is 18.7 Å². The molecular formula is C52H100NO3+. The average Bonchev–Trinajstić information content (AvgIpc) is 3.19. The van der Waals surface area contributed by atoms with Crippen molar-refractivity contribution in [3.05, 3.63) is 17.7 Å². The zero-order valence-corrected chi connectivity index (χ0v) is 39.1. The van der Waals surface area contributed by atoms with Crippen LogP contribution in [0.1, 0.15) is 259 Å². The Labute approximate surface area is 352 Å². The van der Waals surface area contributed by atoms with Gasteiger partial charge < -0.3 is 18.7 Å². The molecule has 0 saturated heterocycles. The third-order valence-corrected chi connectivity index (χ3v) is 11.9. The van der Waals surface area contributed by atoms with Gasteiger partial charge in [-0.05, 0) is 50.7 Å². The normalized spacial score (nSPS) is 11.8. The van der Waals surface area contributed by atoms with Crippen molar-refractivity contribution in [3.8, 4) is 17.2 Å². The number of ether oxygens (including phenoxy) is 3. The first-order valence-corrected chi connectivity index (χ1v) is 25.5. The lowest BCUT2D eigenvalue weighted by Crippen LogP contribution is -2.48. The van der Waals surface area contributed by atoms with Crippen LogP contribution in [0, 0.1) is 0 Å². The lowest BCUT2D eigenvalue weighted by Gasteiger charge is -2.39. The number of rotatable bonds is 44. The molecule has 0 fully saturated rings. The molecule has 0 aliphatic heterocycles. The van der Waals surface area contributed by atoms with Gasteiger partial charge in [0.25, 0.3) is 0 Å². The molecule has 0 bridgehead atoms. The molecule has 0 saturated carbocycles. The summed E-state index contributed by atoms with van der Waals surface area (Å²) in [6.07, 6.45) is 43.7. The molecule has 0 N–H and O–H groups in total. The Kier molecular flexibility index (Phi) is 36.7. The van der Waals surface area contributed by atoms with Gasteiger partial charge in [0.2, 0.25) is 5.75 Å². The second-order valence-electron chi connectivity index (χ2n) is 17.7. The maximum atomic E-state index is 6.73. The predicted molar refractivity (Wildman–Crippen MR) is 248 cm³/mol. The third kappa shape index (κ3) is 28.1. The minimum absolute atomic E-state index is 0.737. The quantitative estimate of drug-likeness (QED) is 0.0487. The van der Waals surface area contributed by atoms with Crippen molar-refractivity contribution in [2.24, 2.45) is 0 Å². The highest BCUT2D eigenvalue weighted by Crippen LogP contribution is 2.40. The lowest BCUT2D eigenvalue weighted by atomic mass is 10.1. The Hall–Kier alpha value is -1.42. The van der Waals surface area contributed by atoms with E-state index in [9.17, 15) is 0 Å². The smallest absolute Gasteiger partial charge is 0.203 e. The summed E-state index contributed by atoms with van der Waals surface area (Å²) in [4.78, 5) is 0. The van der Waals surface area contributed by atoms with Gasteiger partial charge in [-0.15, -0.1) is 0 Å². The predicted octanol–water partition coefficient (Wildman–Crippen LogP) is 17.1.